The molecule has 168 valence electrons. The van der Waals surface area contributed by atoms with Crippen molar-refractivity contribution in [1.82, 2.24) is 15.3 Å². The summed E-state index contributed by atoms with van der Waals surface area (Å²) in [5, 5.41) is 3.13. The van der Waals surface area contributed by atoms with Gasteiger partial charge in [-0.15, -0.1) is 12.4 Å². The van der Waals surface area contributed by atoms with E-state index >= 15 is 0 Å². The predicted octanol–water partition coefficient (Wildman–Crippen LogP) is 3.57. The van der Waals surface area contributed by atoms with Crippen molar-refractivity contribution in [3.63, 3.8) is 0 Å². The number of halogens is 3. The molecule has 0 bridgehead atoms. The van der Waals surface area contributed by atoms with Crippen LogP contribution in [0.1, 0.15) is 30.9 Å². The molecule has 7 nitrogen and oxygen atoms in total. The highest BCUT2D eigenvalue weighted by atomic mass is 35.5. The van der Waals surface area contributed by atoms with Gasteiger partial charge >= 0.3 is 12.6 Å². The first-order valence-corrected chi connectivity index (χ1v) is 9.88. The largest absolute Gasteiger partial charge is 0.489 e. The summed E-state index contributed by atoms with van der Waals surface area (Å²) in [4.78, 5) is 20.7. The maximum Gasteiger partial charge on any atom is 0.387 e. The van der Waals surface area contributed by atoms with Crippen LogP contribution in [0.3, 0.4) is 0 Å². The van der Waals surface area contributed by atoms with Gasteiger partial charge in [-0.25, -0.2) is 4.98 Å². The van der Waals surface area contributed by atoms with Gasteiger partial charge < -0.3 is 19.5 Å². The Bertz CT molecular complexity index is 914. The summed E-state index contributed by atoms with van der Waals surface area (Å²) in [6.07, 6.45) is 6.02. The average Bonchev–Trinajstić information content (AvgIpc) is 3.45. The summed E-state index contributed by atoms with van der Waals surface area (Å²) in [5.74, 6) is 0.454. The first kappa shape index (κ1) is 23.1. The number of aromatic nitrogens is 2. The molecule has 2 aromatic rings. The summed E-state index contributed by atoms with van der Waals surface area (Å²) in [7, 11) is 1.36. The normalized spacial score (nSPS) is 20.3. The standard InChI is InChI=1S/C21H23F2N3O4.ClH/c1-28-20(27)15-6-14(8-25-15)17-10-24-9-16(26-17)13-4-5-18(30-21(22)23)19(7-13)29-11-12-2-3-12;/h4-5,7,9-10,12,14-15,21,25H,2-3,6,8,11H2,1H3;1H/t14-,15-;/m1./s1. The third kappa shape index (κ3) is 5.80. The van der Waals surface area contributed by atoms with Crippen molar-refractivity contribution in [2.75, 3.05) is 20.3 Å². The number of carbonyl (C=O) groups is 1. The summed E-state index contributed by atoms with van der Waals surface area (Å²) < 4.78 is 40.6. The zero-order valence-electron chi connectivity index (χ0n) is 16.9. The number of carbonyl (C=O) groups excluding carboxylic acids is 1. The molecule has 10 heteroatoms. The number of rotatable bonds is 8. The van der Waals surface area contributed by atoms with Crippen molar-refractivity contribution in [2.45, 2.75) is 37.8 Å². The monoisotopic (exact) mass is 455 g/mol. The van der Waals surface area contributed by atoms with Crippen molar-refractivity contribution in [1.29, 1.82) is 0 Å². The highest BCUT2D eigenvalue weighted by Gasteiger charge is 2.32. The molecule has 4 rings (SSSR count). The van der Waals surface area contributed by atoms with Crippen molar-refractivity contribution < 1.29 is 27.8 Å². The van der Waals surface area contributed by atoms with Crippen LogP contribution in [0, 0.1) is 5.92 Å². The number of methoxy groups -OCH3 is 1. The molecule has 1 aliphatic heterocycles. The van der Waals surface area contributed by atoms with Gasteiger partial charge in [-0.1, -0.05) is 0 Å². The molecule has 1 aromatic heterocycles. The molecule has 2 atom stereocenters. The van der Waals surface area contributed by atoms with E-state index < -0.39 is 6.61 Å². The highest BCUT2D eigenvalue weighted by Crippen LogP contribution is 2.36. The Morgan fingerprint density at radius 3 is 2.77 bits per heavy atom. The molecule has 1 saturated heterocycles. The molecule has 2 aliphatic rings. The molecular weight excluding hydrogens is 432 g/mol. The molecule has 1 aromatic carbocycles. The van der Waals surface area contributed by atoms with Crippen LogP contribution in [-0.4, -0.2) is 48.9 Å². The quantitative estimate of drug-likeness (QED) is 0.609. The lowest BCUT2D eigenvalue weighted by atomic mass is 10.0. The number of ether oxygens (including phenoxy) is 3. The maximum atomic E-state index is 12.7. The molecule has 1 N–H and O–H groups in total. The smallest absolute Gasteiger partial charge is 0.387 e. The van der Waals surface area contributed by atoms with Crippen molar-refractivity contribution in [3.05, 3.63) is 36.3 Å². The molecule has 0 amide bonds. The van der Waals surface area contributed by atoms with Crippen molar-refractivity contribution in [3.8, 4) is 22.8 Å². The third-order valence-electron chi connectivity index (χ3n) is 5.32. The number of hydrogen-bond acceptors (Lipinski definition) is 7. The number of benzene rings is 1. The van der Waals surface area contributed by atoms with E-state index in [1.807, 2.05) is 0 Å². The molecule has 0 unspecified atom stereocenters. The molecule has 1 aliphatic carbocycles. The number of alkyl halides is 2. The lowest BCUT2D eigenvalue weighted by Crippen LogP contribution is -2.31. The highest BCUT2D eigenvalue weighted by molar-refractivity contribution is 5.85. The molecular formula is C21H24ClF2N3O4. The van der Waals surface area contributed by atoms with Gasteiger partial charge in [-0.2, -0.15) is 8.78 Å². The van der Waals surface area contributed by atoms with Crippen LogP contribution in [0.15, 0.2) is 30.6 Å². The molecule has 2 heterocycles. The average molecular weight is 456 g/mol. The molecule has 0 spiro atoms. The van der Waals surface area contributed by atoms with Crippen LogP contribution in [0.4, 0.5) is 8.78 Å². The van der Waals surface area contributed by atoms with E-state index in [-0.39, 0.29) is 41.8 Å². The van der Waals surface area contributed by atoms with Crippen molar-refractivity contribution in [2.24, 2.45) is 5.92 Å². The fourth-order valence-corrected chi connectivity index (χ4v) is 3.47. The Hall–Kier alpha value is -2.52. The predicted molar refractivity (Wildman–Crippen MR) is 111 cm³/mol. The minimum atomic E-state index is -2.93. The maximum absolute atomic E-state index is 12.7. The first-order chi connectivity index (χ1) is 14.5. The topological polar surface area (TPSA) is 82.6 Å². The number of hydrogen-bond donors (Lipinski definition) is 1. The van der Waals surface area contributed by atoms with E-state index in [0.717, 1.165) is 18.5 Å². The second-order valence-electron chi connectivity index (χ2n) is 7.54. The summed E-state index contributed by atoms with van der Waals surface area (Å²) in [5.41, 5.74) is 2.03. The summed E-state index contributed by atoms with van der Waals surface area (Å²) in [6.45, 7) is -1.87. The lowest BCUT2D eigenvalue weighted by molar-refractivity contribution is -0.142. The van der Waals surface area contributed by atoms with Crippen LogP contribution in [0.2, 0.25) is 0 Å². The van der Waals surface area contributed by atoms with Gasteiger partial charge in [0.2, 0.25) is 0 Å². The van der Waals surface area contributed by atoms with E-state index in [1.54, 1.807) is 24.5 Å². The van der Waals surface area contributed by atoms with Crippen LogP contribution >= 0.6 is 12.4 Å². The Morgan fingerprint density at radius 2 is 2.06 bits per heavy atom. The van der Waals surface area contributed by atoms with Gasteiger partial charge in [0.25, 0.3) is 0 Å². The fourth-order valence-electron chi connectivity index (χ4n) is 3.47. The van der Waals surface area contributed by atoms with Crippen LogP contribution in [0.25, 0.3) is 11.3 Å². The Balaban J connectivity index is 0.00000272. The SMILES string of the molecule is COC(=O)[C@H]1C[C@@H](c2cncc(-c3ccc(OC(F)F)c(OCC4CC4)c3)n2)CN1.Cl. The fraction of sp³-hybridized carbons (Fsp3) is 0.476. The number of nitrogens with one attached hydrogen (secondary N) is 1. The second kappa shape index (κ2) is 10.2. The minimum Gasteiger partial charge on any atom is -0.489 e. The Morgan fingerprint density at radius 1 is 1.26 bits per heavy atom. The summed E-state index contributed by atoms with van der Waals surface area (Å²) in [6, 6.07) is 4.40. The van der Waals surface area contributed by atoms with E-state index in [2.05, 4.69) is 20.0 Å². The van der Waals surface area contributed by atoms with Crippen LogP contribution < -0.4 is 14.8 Å². The molecule has 1 saturated carbocycles. The van der Waals surface area contributed by atoms with E-state index in [0.29, 0.717) is 36.7 Å². The van der Waals surface area contributed by atoms with Gasteiger partial charge in [0, 0.05) is 24.2 Å². The number of nitrogens with zero attached hydrogens (tertiary/aromatic N) is 2. The molecule has 2 fully saturated rings. The zero-order valence-corrected chi connectivity index (χ0v) is 17.7. The van der Waals surface area contributed by atoms with Gasteiger partial charge in [0.1, 0.15) is 6.04 Å². The van der Waals surface area contributed by atoms with Gasteiger partial charge in [-0.05, 0) is 43.4 Å². The van der Waals surface area contributed by atoms with Crippen LogP contribution in [-0.2, 0) is 9.53 Å². The first-order valence-electron chi connectivity index (χ1n) is 9.88. The van der Waals surface area contributed by atoms with Gasteiger partial charge in [0.15, 0.2) is 11.5 Å². The van der Waals surface area contributed by atoms with Gasteiger partial charge in [-0.3, -0.25) is 9.78 Å². The van der Waals surface area contributed by atoms with Crippen molar-refractivity contribution >= 4 is 18.4 Å². The molecule has 31 heavy (non-hydrogen) atoms. The zero-order chi connectivity index (χ0) is 21.1. The second-order valence-corrected chi connectivity index (χ2v) is 7.54. The van der Waals surface area contributed by atoms with E-state index in [9.17, 15) is 13.6 Å². The van der Waals surface area contributed by atoms with E-state index in [4.69, 9.17) is 9.47 Å². The Labute approximate surface area is 184 Å². The van der Waals surface area contributed by atoms with E-state index in [1.165, 1.54) is 13.2 Å². The minimum absolute atomic E-state index is 0. The lowest BCUT2D eigenvalue weighted by Gasteiger charge is -2.14. The van der Waals surface area contributed by atoms with Gasteiger partial charge in [0.05, 0.1) is 31.3 Å². The molecule has 0 radical (unpaired) electrons. The number of esters is 1. The third-order valence-corrected chi connectivity index (χ3v) is 5.32. The summed E-state index contributed by atoms with van der Waals surface area (Å²) >= 11 is 0. The van der Waals surface area contributed by atoms with Crippen LogP contribution in [0.5, 0.6) is 11.5 Å². The Kier molecular flexibility index (Phi) is 7.61.